The summed E-state index contributed by atoms with van der Waals surface area (Å²) in [6, 6.07) is 6.92. The van der Waals surface area contributed by atoms with Crippen LogP contribution in [0.2, 0.25) is 0 Å². The van der Waals surface area contributed by atoms with Gasteiger partial charge in [0.15, 0.2) is 0 Å². The SMILES string of the molecule is O=C(NCC1(O)CCC1)c1ccc(-c2nn[nH]n2)cc1. The molecule has 0 spiro atoms. The molecular weight excluding hydrogens is 258 g/mol. The van der Waals surface area contributed by atoms with Gasteiger partial charge in [0, 0.05) is 17.7 Å². The molecule has 0 saturated heterocycles. The highest BCUT2D eigenvalue weighted by Gasteiger charge is 2.34. The summed E-state index contributed by atoms with van der Waals surface area (Å²) in [6.45, 7) is 0.304. The molecule has 1 aliphatic rings. The second kappa shape index (κ2) is 5.01. The molecule has 3 rings (SSSR count). The molecule has 3 N–H and O–H groups in total. The minimum Gasteiger partial charge on any atom is -0.388 e. The monoisotopic (exact) mass is 273 g/mol. The number of carbonyl (C=O) groups is 1. The molecular formula is C13H15N5O2. The fraction of sp³-hybridized carbons (Fsp3) is 0.385. The van der Waals surface area contributed by atoms with Crippen molar-refractivity contribution in [1.29, 1.82) is 0 Å². The summed E-state index contributed by atoms with van der Waals surface area (Å²) in [7, 11) is 0. The molecule has 1 aromatic heterocycles. The third-order valence-corrected chi connectivity index (χ3v) is 3.61. The lowest BCUT2D eigenvalue weighted by molar-refractivity contribution is -0.0300. The van der Waals surface area contributed by atoms with Crippen LogP contribution < -0.4 is 5.32 Å². The highest BCUT2D eigenvalue weighted by Crippen LogP contribution is 2.30. The van der Waals surface area contributed by atoms with Crippen LogP contribution in [-0.4, -0.2) is 43.8 Å². The Hall–Kier alpha value is -2.28. The van der Waals surface area contributed by atoms with Gasteiger partial charge >= 0.3 is 0 Å². The van der Waals surface area contributed by atoms with Crippen LogP contribution in [0.3, 0.4) is 0 Å². The van der Waals surface area contributed by atoms with Crippen LogP contribution in [-0.2, 0) is 0 Å². The molecule has 104 valence electrons. The van der Waals surface area contributed by atoms with Gasteiger partial charge in [-0.2, -0.15) is 5.21 Å². The first kappa shape index (κ1) is 12.7. The van der Waals surface area contributed by atoms with Crippen molar-refractivity contribution in [2.45, 2.75) is 24.9 Å². The van der Waals surface area contributed by atoms with Crippen LogP contribution in [0.25, 0.3) is 11.4 Å². The van der Waals surface area contributed by atoms with Crippen molar-refractivity contribution in [2.24, 2.45) is 0 Å². The summed E-state index contributed by atoms with van der Waals surface area (Å²) in [4.78, 5) is 12.0. The molecule has 0 aliphatic heterocycles. The second-order valence-corrected chi connectivity index (χ2v) is 5.07. The zero-order valence-electron chi connectivity index (χ0n) is 10.8. The molecule has 1 fully saturated rings. The summed E-state index contributed by atoms with van der Waals surface area (Å²) < 4.78 is 0. The van der Waals surface area contributed by atoms with E-state index in [9.17, 15) is 9.90 Å². The van der Waals surface area contributed by atoms with Gasteiger partial charge in [-0.15, -0.1) is 10.2 Å². The van der Waals surface area contributed by atoms with E-state index in [0.717, 1.165) is 24.8 Å². The zero-order valence-corrected chi connectivity index (χ0v) is 10.8. The average molecular weight is 273 g/mol. The predicted molar refractivity (Wildman–Crippen MR) is 70.7 cm³/mol. The van der Waals surface area contributed by atoms with Crippen molar-refractivity contribution < 1.29 is 9.90 Å². The van der Waals surface area contributed by atoms with E-state index in [0.29, 0.717) is 17.9 Å². The standard InChI is InChI=1S/C13H15N5O2/c19-12(14-8-13(20)6-1-7-13)10-4-2-9(3-5-10)11-15-17-18-16-11/h2-5,20H,1,6-8H2,(H,14,19)(H,15,16,17,18). The van der Waals surface area contributed by atoms with Crippen molar-refractivity contribution in [3.63, 3.8) is 0 Å². The Kier molecular flexibility index (Phi) is 3.19. The van der Waals surface area contributed by atoms with Gasteiger partial charge in [0.25, 0.3) is 5.91 Å². The van der Waals surface area contributed by atoms with Gasteiger partial charge < -0.3 is 10.4 Å². The minimum atomic E-state index is -0.708. The topological polar surface area (TPSA) is 104 Å². The molecule has 1 aliphatic carbocycles. The number of aliphatic hydroxyl groups is 1. The normalized spacial score (nSPS) is 16.4. The molecule has 1 amide bonds. The fourth-order valence-corrected chi connectivity index (χ4v) is 2.16. The first-order valence-corrected chi connectivity index (χ1v) is 6.51. The largest absolute Gasteiger partial charge is 0.388 e. The zero-order chi connectivity index (χ0) is 14.0. The Balaban J connectivity index is 1.63. The quantitative estimate of drug-likeness (QED) is 0.753. The number of H-pyrrole nitrogens is 1. The summed E-state index contributed by atoms with van der Waals surface area (Å²) in [5.41, 5.74) is 0.619. The Morgan fingerprint density at radius 3 is 2.65 bits per heavy atom. The van der Waals surface area contributed by atoms with Gasteiger partial charge in [-0.1, -0.05) is 12.1 Å². The molecule has 1 aromatic carbocycles. The van der Waals surface area contributed by atoms with Crippen molar-refractivity contribution in [1.82, 2.24) is 25.9 Å². The van der Waals surface area contributed by atoms with E-state index in [1.807, 2.05) is 0 Å². The maximum Gasteiger partial charge on any atom is 0.251 e. The molecule has 7 heteroatoms. The van der Waals surface area contributed by atoms with Crippen LogP contribution >= 0.6 is 0 Å². The van der Waals surface area contributed by atoms with Crippen LogP contribution in [0.1, 0.15) is 29.6 Å². The number of nitrogens with one attached hydrogen (secondary N) is 2. The number of tetrazole rings is 1. The van der Waals surface area contributed by atoms with Gasteiger partial charge in [0.1, 0.15) is 0 Å². The van der Waals surface area contributed by atoms with Gasteiger partial charge in [-0.05, 0) is 36.6 Å². The fourth-order valence-electron chi connectivity index (χ4n) is 2.16. The first-order valence-electron chi connectivity index (χ1n) is 6.51. The van der Waals surface area contributed by atoms with E-state index >= 15 is 0 Å². The predicted octanol–water partition coefficient (Wildman–Crippen LogP) is 0.511. The van der Waals surface area contributed by atoms with E-state index in [4.69, 9.17) is 0 Å². The molecule has 1 saturated carbocycles. The lowest BCUT2D eigenvalue weighted by Gasteiger charge is -2.36. The maximum atomic E-state index is 12.0. The van der Waals surface area contributed by atoms with E-state index in [-0.39, 0.29) is 5.91 Å². The van der Waals surface area contributed by atoms with Crippen LogP contribution in [0.4, 0.5) is 0 Å². The van der Waals surface area contributed by atoms with Crippen molar-refractivity contribution in [3.05, 3.63) is 29.8 Å². The molecule has 1 heterocycles. The summed E-state index contributed by atoms with van der Waals surface area (Å²) in [5.74, 6) is 0.297. The molecule has 0 unspecified atom stereocenters. The number of rotatable bonds is 4. The van der Waals surface area contributed by atoms with Crippen molar-refractivity contribution in [2.75, 3.05) is 6.54 Å². The number of amides is 1. The van der Waals surface area contributed by atoms with E-state index in [1.54, 1.807) is 24.3 Å². The summed E-state index contributed by atoms with van der Waals surface area (Å²) in [5, 5.41) is 26.3. The Bertz CT molecular complexity index is 590. The number of carbonyl (C=O) groups excluding carboxylic acids is 1. The van der Waals surface area contributed by atoms with E-state index in [2.05, 4.69) is 25.9 Å². The van der Waals surface area contributed by atoms with Crippen molar-refractivity contribution in [3.8, 4) is 11.4 Å². The minimum absolute atomic E-state index is 0.190. The van der Waals surface area contributed by atoms with Gasteiger partial charge in [0.2, 0.25) is 5.82 Å². The molecule has 20 heavy (non-hydrogen) atoms. The molecule has 7 nitrogen and oxygen atoms in total. The van der Waals surface area contributed by atoms with Gasteiger partial charge in [-0.3, -0.25) is 4.79 Å². The number of aromatic nitrogens is 4. The highest BCUT2D eigenvalue weighted by atomic mass is 16.3. The smallest absolute Gasteiger partial charge is 0.251 e. The third-order valence-electron chi connectivity index (χ3n) is 3.61. The Morgan fingerprint density at radius 1 is 1.35 bits per heavy atom. The number of hydrogen-bond acceptors (Lipinski definition) is 5. The Labute approximate surface area is 115 Å². The summed E-state index contributed by atoms with van der Waals surface area (Å²) in [6.07, 6.45) is 2.53. The number of hydrogen-bond donors (Lipinski definition) is 3. The average Bonchev–Trinajstić information content (AvgIpc) is 2.97. The lowest BCUT2D eigenvalue weighted by Crippen LogP contribution is -2.47. The molecule has 2 aromatic rings. The first-order chi connectivity index (χ1) is 9.66. The number of benzene rings is 1. The van der Waals surface area contributed by atoms with Crippen LogP contribution in [0, 0.1) is 0 Å². The summed E-state index contributed by atoms with van der Waals surface area (Å²) >= 11 is 0. The maximum absolute atomic E-state index is 12.0. The second-order valence-electron chi connectivity index (χ2n) is 5.07. The van der Waals surface area contributed by atoms with E-state index < -0.39 is 5.60 Å². The third kappa shape index (κ3) is 2.53. The Morgan fingerprint density at radius 2 is 2.10 bits per heavy atom. The van der Waals surface area contributed by atoms with Crippen LogP contribution in [0.15, 0.2) is 24.3 Å². The molecule has 0 radical (unpaired) electrons. The van der Waals surface area contributed by atoms with Gasteiger partial charge in [0.05, 0.1) is 5.60 Å². The lowest BCUT2D eigenvalue weighted by atomic mass is 9.80. The van der Waals surface area contributed by atoms with E-state index in [1.165, 1.54) is 0 Å². The van der Waals surface area contributed by atoms with Crippen LogP contribution in [0.5, 0.6) is 0 Å². The van der Waals surface area contributed by atoms with Crippen molar-refractivity contribution >= 4 is 5.91 Å². The number of nitrogens with zero attached hydrogens (tertiary/aromatic N) is 3. The molecule has 0 atom stereocenters. The highest BCUT2D eigenvalue weighted by molar-refractivity contribution is 5.94. The van der Waals surface area contributed by atoms with Gasteiger partial charge in [-0.25, -0.2) is 0 Å². The molecule has 0 bridgehead atoms. The number of aromatic amines is 1.